The summed E-state index contributed by atoms with van der Waals surface area (Å²) in [5, 5.41) is 9.68. The summed E-state index contributed by atoms with van der Waals surface area (Å²) in [6, 6.07) is 5.75. The second-order valence-electron chi connectivity index (χ2n) is 6.17. The van der Waals surface area contributed by atoms with Gasteiger partial charge in [-0.05, 0) is 43.7 Å². The number of carbonyl (C=O) groups is 1. The fourth-order valence-electron chi connectivity index (χ4n) is 3.33. The van der Waals surface area contributed by atoms with Crippen LogP contribution in [0.15, 0.2) is 24.4 Å². The van der Waals surface area contributed by atoms with Crippen LogP contribution in [0.1, 0.15) is 57.6 Å². The lowest BCUT2D eigenvalue weighted by Gasteiger charge is -2.36. The first kappa shape index (κ1) is 15.0. The third-order valence-electron chi connectivity index (χ3n) is 4.73. The van der Waals surface area contributed by atoms with Crippen LogP contribution in [0.25, 0.3) is 0 Å². The first-order chi connectivity index (χ1) is 9.66. The van der Waals surface area contributed by atoms with Gasteiger partial charge in [-0.3, -0.25) is 9.78 Å². The summed E-state index contributed by atoms with van der Waals surface area (Å²) in [4.78, 5) is 16.1. The average molecular weight is 275 g/mol. The van der Waals surface area contributed by atoms with Crippen LogP contribution in [0.3, 0.4) is 0 Å². The molecule has 0 saturated heterocycles. The van der Waals surface area contributed by atoms with Gasteiger partial charge in [-0.15, -0.1) is 0 Å². The van der Waals surface area contributed by atoms with Gasteiger partial charge in [0, 0.05) is 18.3 Å². The molecular weight excluding hydrogens is 250 g/mol. The highest BCUT2D eigenvalue weighted by atomic mass is 16.4. The predicted octanol–water partition coefficient (Wildman–Crippen LogP) is 4.08. The molecule has 1 aliphatic rings. The van der Waals surface area contributed by atoms with E-state index in [0.717, 1.165) is 37.3 Å². The second-order valence-corrected chi connectivity index (χ2v) is 6.17. The Morgan fingerprint density at radius 2 is 2.15 bits per heavy atom. The fourth-order valence-corrected chi connectivity index (χ4v) is 3.33. The van der Waals surface area contributed by atoms with Crippen LogP contribution in [0, 0.1) is 11.3 Å². The van der Waals surface area contributed by atoms with Gasteiger partial charge in [0.05, 0.1) is 5.41 Å². The number of hydrogen-bond acceptors (Lipinski definition) is 2. The molecule has 0 aromatic carbocycles. The largest absolute Gasteiger partial charge is 0.481 e. The first-order valence-electron chi connectivity index (χ1n) is 7.79. The molecule has 1 fully saturated rings. The molecule has 0 bridgehead atoms. The van der Waals surface area contributed by atoms with Gasteiger partial charge in [0.25, 0.3) is 0 Å². The third-order valence-corrected chi connectivity index (χ3v) is 4.73. The maximum absolute atomic E-state index is 11.8. The molecule has 3 nitrogen and oxygen atoms in total. The van der Waals surface area contributed by atoms with Crippen LogP contribution in [0.4, 0.5) is 0 Å². The Morgan fingerprint density at radius 3 is 2.70 bits per heavy atom. The molecule has 1 heterocycles. The molecule has 1 aromatic rings. The quantitative estimate of drug-likeness (QED) is 0.851. The number of carboxylic acid groups (broad SMARTS) is 1. The van der Waals surface area contributed by atoms with Crippen molar-refractivity contribution in [2.75, 3.05) is 0 Å². The highest BCUT2D eigenvalue weighted by Crippen LogP contribution is 2.42. The van der Waals surface area contributed by atoms with E-state index in [9.17, 15) is 9.90 Å². The number of unbranched alkanes of at least 4 members (excludes halogenated alkanes) is 1. The topological polar surface area (TPSA) is 50.2 Å². The molecule has 1 N–H and O–H groups in total. The zero-order chi connectivity index (χ0) is 14.4. The van der Waals surface area contributed by atoms with Gasteiger partial charge in [0.1, 0.15) is 0 Å². The number of hydrogen-bond donors (Lipinski definition) is 1. The molecule has 0 spiro atoms. The van der Waals surface area contributed by atoms with Crippen molar-refractivity contribution >= 4 is 5.97 Å². The molecule has 20 heavy (non-hydrogen) atoms. The SMILES string of the molecule is CCCCC1CCC(Cc2ccccn2)(C(=O)O)CC1. The number of aromatic nitrogens is 1. The summed E-state index contributed by atoms with van der Waals surface area (Å²) in [6.45, 7) is 2.21. The van der Waals surface area contributed by atoms with Gasteiger partial charge in [0.15, 0.2) is 0 Å². The van der Waals surface area contributed by atoms with Gasteiger partial charge in [-0.2, -0.15) is 0 Å². The van der Waals surface area contributed by atoms with E-state index in [1.54, 1.807) is 6.20 Å². The maximum Gasteiger partial charge on any atom is 0.310 e. The Labute approximate surface area is 121 Å². The average Bonchev–Trinajstić information content (AvgIpc) is 2.47. The standard InChI is InChI=1S/C17H25NO2/c1-2-3-6-14-8-10-17(11-9-14,16(19)20)13-15-7-4-5-12-18-15/h4-5,7,12,14H,2-3,6,8-11,13H2,1H3,(H,19,20). The van der Waals surface area contributed by atoms with Gasteiger partial charge in [-0.1, -0.05) is 32.3 Å². The van der Waals surface area contributed by atoms with Crippen LogP contribution in [-0.4, -0.2) is 16.1 Å². The molecule has 0 amide bonds. The Morgan fingerprint density at radius 1 is 1.40 bits per heavy atom. The lowest BCUT2D eigenvalue weighted by atomic mass is 9.67. The van der Waals surface area contributed by atoms with Crippen molar-refractivity contribution < 1.29 is 9.90 Å². The number of pyridine rings is 1. The summed E-state index contributed by atoms with van der Waals surface area (Å²) >= 11 is 0. The van der Waals surface area contributed by atoms with Crippen molar-refractivity contribution in [3.63, 3.8) is 0 Å². The van der Waals surface area contributed by atoms with Crippen molar-refractivity contribution in [2.45, 2.75) is 58.3 Å². The minimum atomic E-state index is -0.642. The van der Waals surface area contributed by atoms with Gasteiger partial charge < -0.3 is 5.11 Å². The summed E-state index contributed by atoms with van der Waals surface area (Å²) in [6.07, 6.45) is 9.79. The third kappa shape index (κ3) is 3.59. The normalized spacial score (nSPS) is 26.4. The van der Waals surface area contributed by atoms with E-state index in [4.69, 9.17) is 0 Å². The van der Waals surface area contributed by atoms with Crippen molar-refractivity contribution in [3.8, 4) is 0 Å². The lowest BCUT2D eigenvalue weighted by molar-refractivity contribution is -0.151. The zero-order valence-corrected chi connectivity index (χ0v) is 12.3. The minimum Gasteiger partial charge on any atom is -0.481 e. The van der Waals surface area contributed by atoms with Crippen molar-refractivity contribution in [1.29, 1.82) is 0 Å². The van der Waals surface area contributed by atoms with Gasteiger partial charge >= 0.3 is 5.97 Å². The summed E-state index contributed by atoms with van der Waals surface area (Å²) < 4.78 is 0. The molecular formula is C17H25NO2. The van der Waals surface area contributed by atoms with Crippen molar-refractivity contribution in [3.05, 3.63) is 30.1 Å². The highest BCUT2D eigenvalue weighted by Gasteiger charge is 2.42. The monoisotopic (exact) mass is 275 g/mol. The van der Waals surface area contributed by atoms with Crippen LogP contribution in [-0.2, 0) is 11.2 Å². The summed E-state index contributed by atoms with van der Waals surface area (Å²) in [5.41, 5.74) is 0.318. The highest BCUT2D eigenvalue weighted by molar-refractivity contribution is 5.75. The van der Waals surface area contributed by atoms with E-state index < -0.39 is 11.4 Å². The predicted molar refractivity (Wildman–Crippen MR) is 79.5 cm³/mol. The van der Waals surface area contributed by atoms with Crippen LogP contribution >= 0.6 is 0 Å². The molecule has 0 atom stereocenters. The lowest BCUT2D eigenvalue weighted by Crippen LogP contribution is -2.37. The Bertz CT molecular complexity index is 422. The Hall–Kier alpha value is -1.38. The number of carboxylic acids is 1. The van der Waals surface area contributed by atoms with E-state index in [-0.39, 0.29) is 0 Å². The molecule has 3 heteroatoms. The Kier molecular flexibility index (Phi) is 5.16. The number of aliphatic carboxylic acids is 1. The molecule has 1 aliphatic carbocycles. The van der Waals surface area contributed by atoms with Gasteiger partial charge in [0.2, 0.25) is 0 Å². The first-order valence-corrected chi connectivity index (χ1v) is 7.79. The molecule has 2 rings (SSSR count). The molecule has 0 aliphatic heterocycles. The number of nitrogens with zero attached hydrogens (tertiary/aromatic N) is 1. The minimum absolute atomic E-state index is 0.573. The zero-order valence-electron chi connectivity index (χ0n) is 12.3. The summed E-state index contributed by atoms with van der Waals surface area (Å²) in [5.74, 6) is 0.0863. The second kappa shape index (κ2) is 6.87. The maximum atomic E-state index is 11.8. The van der Waals surface area contributed by atoms with Crippen LogP contribution < -0.4 is 0 Å². The Balaban J connectivity index is 2.00. The van der Waals surface area contributed by atoms with E-state index in [2.05, 4.69) is 11.9 Å². The van der Waals surface area contributed by atoms with E-state index in [0.29, 0.717) is 6.42 Å². The molecule has 1 aromatic heterocycles. The van der Waals surface area contributed by atoms with Gasteiger partial charge in [-0.25, -0.2) is 0 Å². The fraction of sp³-hybridized carbons (Fsp3) is 0.647. The smallest absolute Gasteiger partial charge is 0.310 e. The van der Waals surface area contributed by atoms with E-state index in [1.165, 1.54) is 19.3 Å². The summed E-state index contributed by atoms with van der Waals surface area (Å²) in [7, 11) is 0. The van der Waals surface area contributed by atoms with Crippen LogP contribution in [0.2, 0.25) is 0 Å². The molecule has 1 saturated carbocycles. The number of rotatable bonds is 6. The van der Waals surface area contributed by atoms with Crippen LogP contribution in [0.5, 0.6) is 0 Å². The van der Waals surface area contributed by atoms with Crippen molar-refractivity contribution in [1.82, 2.24) is 4.98 Å². The molecule has 110 valence electrons. The van der Waals surface area contributed by atoms with Crippen molar-refractivity contribution in [2.24, 2.45) is 11.3 Å². The molecule has 0 radical (unpaired) electrons. The van der Waals surface area contributed by atoms with E-state index in [1.807, 2.05) is 18.2 Å². The molecule has 0 unspecified atom stereocenters. The van der Waals surface area contributed by atoms with E-state index >= 15 is 0 Å².